The van der Waals surface area contributed by atoms with E-state index < -0.39 is 42.1 Å². The molecule has 0 saturated carbocycles. The summed E-state index contributed by atoms with van der Waals surface area (Å²) < 4.78 is 29.8. The van der Waals surface area contributed by atoms with Crippen LogP contribution in [0.2, 0.25) is 0 Å². The van der Waals surface area contributed by atoms with Crippen molar-refractivity contribution in [3.8, 4) is 22.3 Å². The van der Waals surface area contributed by atoms with Gasteiger partial charge in [-0.1, -0.05) is 36.4 Å². The number of aliphatic carboxylic acids is 1. The molecule has 3 N–H and O–H groups in total. The second-order valence-electron chi connectivity index (χ2n) is 10.4. The van der Waals surface area contributed by atoms with Gasteiger partial charge in [-0.3, -0.25) is 9.78 Å². The van der Waals surface area contributed by atoms with Crippen LogP contribution in [0.3, 0.4) is 0 Å². The molecule has 11 heteroatoms. The molecule has 0 radical (unpaired) electrons. The molecule has 2 aromatic carbocycles. The molecule has 0 fully saturated rings. The minimum atomic E-state index is -1.44. The van der Waals surface area contributed by atoms with Gasteiger partial charge in [0.05, 0.1) is 12.2 Å². The van der Waals surface area contributed by atoms with Gasteiger partial charge in [-0.25, -0.2) is 8.78 Å². The topological polar surface area (TPSA) is 128 Å². The third-order valence-electron chi connectivity index (χ3n) is 6.81. The second kappa shape index (κ2) is 15.9. The summed E-state index contributed by atoms with van der Waals surface area (Å²) in [5.41, 5.74) is 3.62. The van der Waals surface area contributed by atoms with Gasteiger partial charge in [0.1, 0.15) is 17.3 Å². The molecule has 4 aromatic rings. The summed E-state index contributed by atoms with van der Waals surface area (Å²) in [6, 6.07) is 14.7. The molecule has 2 aromatic heterocycles. The number of carbonyl (C=O) groups is 2. The number of halogens is 2. The fourth-order valence-corrected chi connectivity index (χ4v) is 4.94. The van der Waals surface area contributed by atoms with Gasteiger partial charge < -0.3 is 30.0 Å². The van der Waals surface area contributed by atoms with E-state index in [1.165, 1.54) is 30.3 Å². The molecule has 2 heterocycles. The number of hydrogen-bond donors (Lipinski definition) is 3. The van der Waals surface area contributed by atoms with Crippen LogP contribution in [-0.4, -0.2) is 43.8 Å². The maximum absolute atomic E-state index is 14.0. The van der Waals surface area contributed by atoms with E-state index in [0.717, 1.165) is 5.56 Å². The number of pyridine rings is 1. The van der Waals surface area contributed by atoms with Crippen molar-refractivity contribution in [1.29, 1.82) is 0 Å². The zero-order valence-electron chi connectivity index (χ0n) is 24.7. The number of carboxylic acids is 1. The first-order chi connectivity index (χ1) is 20.5. The molecule has 0 spiro atoms. The van der Waals surface area contributed by atoms with E-state index in [-0.39, 0.29) is 54.3 Å². The maximum atomic E-state index is 14.0. The number of aliphatic hydroxyl groups excluding tert-OH is 2. The summed E-state index contributed by atoms with van der Waals surface area (Å²) >= 11 is 0. The van der Waals surface area contributed by atoms with Crippen molar-refractivity contribution >= 4 is 18.0 Å². The van der Waals surface area contributed by atoms with Crippen molar-refractivity contribution in [2.24, 2.45) is 0 Å². The van der Waals surface area contributed by atoms with Gasteiger partial charge in [-0.2, -0.15) is 0 Å². The van der Waals surface area contributed by atoms with Crippen LogP contribution in [0, 0.1) is 11.6 Å². The first-order valence-electron chi connectivity index (χ1n) is 13.8. The van der Waals surface area contributed by atoms with Crippen LogP contribution >= 0.6 is 0 Å². The van der Waals surface area contributed by atoms with E-state index >= 15 is 0 Å². The van der Waals surface area contributed by atoms with Crippen molar-refractivity contribution in [2.45, 2.75) is 51.5 Å². The van der Waals surface area contributed by atoms with Gasteiger partial charge in [0.25, 0.3) is 5.91 Å². The molecule has 0 aliphatic heterocycles. The van der Waals surface area contributed by atoms with Gasteiger partial charge >= 0.3 is 29.6 Å². The zero-order chi connectivity index (χ0) is 31.1. The Labute approximate surface area is 276 Å². The average molecular weight is 612 g/mol. The predicted molar refractivity (Wildman–Crippen MR) is 156 cm³/mol. The molecule has 8 nitrogen and oxygen atoms in total. The van der Waals surface area contributed by atoms with E-state index in [1.54, 1.807) is 53.4 Å². The Bertz CT molecular complexity index is 1590. The normalized spacial score (nSPS) is 12.6. The number of rotatable bonds is 12. The first-order valence-corrected chi connectivity index (χ1v) is 13.8. The number of nitrogens with zero attached hydrogens (tertiary/aromatic N) is 2. The van der Waals surface area contributed by atoms with Crippen LogP contribution in [0.15, 0.2) is 79.1 Å². The number of carboxylic acid groups (broad SMARTS) is 1. The summed E-state index contributed by atoms with van der Waals surface area (Å²) in [6.07, 6.45) is 2.78. The molecule has 1 amide bonds. The van der Waals surface area contributed by atoms with E-state index in [1.807, 2.05) is 19.9 Å². The minimum absolute atomic E-state index is 0. The Kier molecular flexibility index (Phi) is 12.6. The minimum Gasteiger partial charge on any atom is -0.550 e. The van der Waals surface area contributed by atoms with E-state index in [9.17, 15) is 33.7 Å². The predicted octanol–water partition coefficient (Wildman–Crippen LogP) is 1.28. The molecular formula is C33H32F2N3NaO5. The number of amides is 1. The molecule has 0 saturated heterocycles. The van der Waals surface area contributed by atoms with Gasteiger partial charge in [-0.15, -0.1) is 0 Å². The van der Waals surface area contributed by atoms with E-state index in [4.69, 9.17) is 0 Å². The molecular weight excluding hydrogens is 579 g/mol. The molecule has 0 aliphatic rings. The Morgan fingerprint density at radius 1 is 0.977 bits per heavy atom. The molecule has 0 unspecified atom stereocenters. The summed E-state index contributed by atoms with van der Waals surface area (Å²) in [7, 11) is 0. The molecule has 2 atom stereocenters. The number of benzene rings is 2. The maximum Gasteiger partial charge on any atom is 1.00 e. The van der Waals surface area contributed by atoms with Crippen LogP contribution < -0.4 is 40.0 Å². The third kappa shape index (κ3) is 8.71. The number of hydrogen-bond acceptors (Lipinski definition) is 6. The largest absolute Gasteiger partial charge is 1.00 e. The number of carbonyl (C=O) groups excluding carboxylic acids is 2. The average Bonchev–Trinajstić information content (AvgIpc) is 3.31. The number of aromatic nitrogens is 2. The van der Waals surface area contributed by atoms with Crippen LogP contribution in [0.25, 0.3) is 28.3 Å². The first kappa shape index (κ1) is 34.8. The molecule has 4 rings (SSSR count). The molecule has 0 aliphatic carbocycles. The summed E-state index contributed by atoms with van der Waals surface area (Å²) in [5.74, 6) is -2.79. The van der Waals surface area contributed by atoms with Crippen molar-refractivity contribution in [2.75, 3.05) is 0 Å². The molecule has 0 bridgehead atoms. The summed E-state index contributed by atoms with van der Waals surface area (Å²) in [4.78, 5) is 28.9. The monoisotopic (exact) mass is 611 g/mol. The third-order valence-corrected chi connectivity index (χ3v) is 6.81. The van der Waals surface area contributed by atoms with Crippen LogP contribution in [0.5, 0.6) is 0 Å². The quantitative estimate of drug-likeness (QED) is 0.207. The van der Waals surface area contributed by atoms with Gasteiger partial charge in [0.2, 0.25) is 0 Å². The fourth-order valence-electron chi connectivity index (χ4n) is 4.94. The second-order valence-corrected chi connectivity index (χ2v) is 10.4. The summed E-state index contributed by atoms with van der Waals surface area (Å²) in [6.45, 7) is 3.93. The van der Waals surface area contributed by atoms with Gasteiger partial charge in [-0.05, 0) is 66.9 Å². The van der Waals surface area contributed by atoms with Gasteiger partial charge in [0.15, 0.2) is 0 Å². The molecule has 44 heavy (non-hydrogen) atoms. The standard InChI is InChI=1S/C33H33F2N3O5.Na/c1-20(2)38-28(14-13-26(39)16-27(40)17-29(41)42)30(22-5-9-24(34)10-6-22)31(23-7-11-25(35)12-8-23)32(38)33(43)37-19-21-4-3-15-36-18-21;/h3-15,18,20,26-27,39-40H,16-17,19H2,1-2H3,(H,37,43)(H,41,42);/q;+1/p-1/t26-,27+;/m0./s1. The van der Waals surface area contributed by atoms with Gasteiger partial charge in [0, 0.05) is 60.6 Å². The SMILES string of the molecule is CC(C)n1c(C=C[C@H](O)C[C@@H](O)CC(=O)[O-])c(-c2ccc(F)cc2)c(-c2ccc(F)cc2)c1C(=O)NCc1cccnc1.[Na+]. The Hall–Kier alpha value is -3.67. The van der Waals surface area contributed by atoms with Crippen molar-refractivity contribution < 1.29 is 63.2 Å². The van der Waals surface area contributed by atoms with Crippen LogP contribution in [0.4, 0.5) is 8.78 Å². The zero-order valence-corrected chi connectivity index (χ0v) is 26.7. The molecule has 224 valence electrons. The number of aliphatic hydroxyl groups is 2. The smallest absolute Gasteiger partial charge is 0.550 e. The Morgan fingerprint density at radius 3 is 2.09 bits per heavy atom. The fraction of sp³-hybridized carbons (Fsp3) is 0.242. The number of nitrogens with one attached hydrogen (secondary N) is 1. The van der Waals surface area contributed by atoms with Crippen molar-refractivity contribution in [1.82, 2.24) is 14.9 Å². The van der Waals surface area contributed by atoms with Crippen molar-refractivity contribution in [3.63, 3.8) is 0 Å². The van der Waals surface area contributed by atoms with E-state index in [0.29, 0.717) is 27.9 Å². The van der Waals surface area contributed by atoms with Crippen molar-refractivity contribution in [3.05, 3.63) is 108 Å². The van der Waals surface area contributed by atoms with Crippen LogP contribution in [-0.2, 0) is 11.3 Å². The Morgan fingerprint density at radius 2 is 1.57 bits per heavy atom. The van der Waals surface area contributed by atoms with Crippen LogP contribution in [0.1, 0.15) is 54.5 Å². The van der Waals surface area contributed by atoms with E-state index in [2.05, 4.69) is 10.3 Å². The Balaban J connectivity index is 0.00000529. The summed E-state index contributed by atoms with van der Waals surface area (Å²) in [5, 5.41) is 34.4.